The number of nitrogens with zero attached hydrogens (tertiary/aromatic N) is 2. The van der Waals surface area contributed by atoms with Crippen molar-refractivity contribution in [3.8, 4) is 0 Å². The average Bonchev–Trinajstić information content (AvgIpc) is 2.97. The van der Waals surface area contributed by atoms with Crippen molar-refractivity contribution in [1.82, 2.24) is 9.55 Å². The predicted octanol–water partition coefficient (Wildman–Crippen LogP) is 4.51. The first-order valence-corrected chi connectivity index (χ1v) is 8.79. The molecule has 0 aliphatic rings. The Kier molecular flexibility index (Phi) is 5.56. The number of benzene rings is 2. The second-order valence-corrected chi connectivity index (χ2v) is 6.72. The second-order valence-electron chi connectivity index (χ2n) is 5.35. The Bertz CT molecular complexity index is 820. The van der Waals surface area contributed by atoms with Crippen molar-refractivity contribution in [2.75, 3.05) is 0 Å². The highest BCUT2D eigenvalue weighted by Crippen LogP contribution is 2.24. The molecular weight excluding hydrogens is 347 g/mol. The van der Waals surface area contributed by atoms with E-state index in [2.05, 4.69) is 4.98 Å². The molecule has 0 bridgehead atoms. The van der Waals surface area contributed by atoms with E-state index >= 15 is 0 Å². The van der Waals surface area contributed by atoms with E-state index in [1.165, 1.54) is 12.1 Å². The van der Waals surface area contributed by atoms with Gasteiger partial charge in [-0.2, -0.15) is 0 Å². The molecule has 3 nitrogen and oxygen atoms in total. The van der Waals surface area contributed by atoms with Gasteiger partial charge in [0.25, 0.3) is 0 Å². The zero-order chi connectivity index (χ0) is 16.9. The molecule has 0 saturated heterocycles. The minimum Gasteiger partial charge on any atom is -0.390 e. The summed E-state index contributed by atoms with van der Waals surface area (Å²) in [6, 6.07) is 14.1. The van der Waals surface area contributed by atoms with Crippen LogP contribution in [0.3, 0.4) is 0 Å². The standard InChI is InChI=1S/C18H16ClFN2OS/c19-15-3-1-2-14(8-15)12-24-18-21-17(11-23)10-22(18)9-13-4-6-16(20)7-5-13/h1-8,10,23H,9,11-12H2. The molecule has 0 aliphatic carbocycles. The van der Waals surface area contributed by atoms with Gasteiger partial charge in [-0.3, -0.25) is 0 Å². The van der Waals surface area contributed by atoms with Crippen molar-refractivity contribution in [1.29, 1.82) is 0 Å². The molecule has 2 aromatic carbocycles. The summed E-state index contributed by atoms with van der Waals surface area (Å²) in [5, 5.41) is 10.9. The number of hydrogen-bond acceptors (Lipinski definition) is 3. The van der Waals surface area contributed by atoms with E-state index < -0.39 is 0 Å². The van der Waals surface area contributed by atoms with Crippen LogP contribution in [0, 0.1) is 5.82 Å². The number of halogens is 2. The lowest BCUT2D eigenvalue weighted by atomic mass is 10.2. The van der Waals surface area contributed by atoms with Gasteiger partial charge in [-0.1, -0.05) is 47.6 Å². The van der Waals surface area contributed by atoms with Crippen LogP contribution in [0.5, 0.6) is 0 Å². The van der Waals surface area contributed by atoms with E-state index in [9.17, 15) is 9.50 Å². The fourth-order valence-corrected chi connectivity index (χ4v) is 3.47. The molecule has 0 atom stereocenters. The summed E-state index contributed by atoms with van der Waals surface area (Å²) < 4.78 is 15.0. The number of hydrogen-bond donors (Lipinski definition) is 1. The van der Waals surface area contributed by atoms with E-state index in [0.29, 0.717) is 17.3 Å². The third kappa shape index (κ3) is 4.38. The second kappa shape index (κ2) is 7.83. The fraction of sp³-hybridized carbons (Fsp3) is 0.167. The van der Waals surface area contributed by atoms with Crippen molar-refractivity contribution in [3.05, 3.63) is 82.4 Å². The van der Waals surface area contributed by atoms with E-state index in [1.807, 2.05) is 35.0 Å². The van der Waals surface area contributed by atoms with Crippen LogP contribution in [0.1, 0.15) is 16.8 Å². The molecule has 0 radical (unpaired) electrons. The number of thioether (sulfide) groups is 1. The van der Waals surface area contributed by atoms with Crippen LogP contribution >= 0.6 is 23.4 Å². The monoisotopic (exact) mass is 362 g/mol. The topological polar surface area (TPSA) is 38.0 Å². The van der Waals surface area contributed by atoms with Crippen molar-refractivity contribution >= 4 is 23.4 Å². The molecule has 0 saturated carbocycles. The van der Waals surface area contributed by atoms with E-state index in [1.54, 1.807) is 23.9 Å². The molecule has 1 N–H and O–H groups in total. The van der Waals surface area contributed by atoms with Crippen molar-refractivity contribution < 1.29 is 9.50 Å². The van der Waals surface area contributed by atoms with Gasteiger partial charge in [-0.25, -0.2) is 9.37 Å². The minimum absolute atomic E-state index is 0.110. The molecule has 1 aromatic heterocycles. The van der Waals surface area contributed by atoms with E-state index in [-0.39, 0.29) is 12.4 Å². The highest BCUT2D eigenvalue weighted by molar-refractivity contribution is 7.98. The summed E-state index contributed by atoms with van der Waals surface area (Å²) in [6.45, 7) is 0.465. The SMILES string of the molecule is OCc1cn(Cc2ccc(F)cc2)c(SCc2cccc(Cl)c2)n1. The molecule has 0 amide bonds. The van der Waals surface area contributed by atoms with E-state index in [0.717, 1.165) is 22.0 Å². The molecule has 24 heavy (non-hydrogen) atoms. The Morgan fingerprint density at radius 3 is 2.62 bits per heavy atom. The van der Waals surface area contributed by atoms with Crippen LogP contribution in [-0.2, 0) is 18.9 Å². The average molecular weight is 363 g/mol. The van der Waals surface area contributed by atoms with Gasteiger partial charge in [0.15, 0.2) is 5.16 Å². The van der Waals surface area contributed by atoms with Crippen LogP contribution in [0.15, 0.2) is 59.9 Å². The van der Waals surface area contributed by atoms with Crippen LogP contribution in [0.2, 0.25) is 5.02 Å². The quantitative estimate of drug-likeness (QED) is 0.656. The molecule has 0 aliphatic heterocycles. The largest absolute Gasteiger partial charge is 0.390 e. The van der Waals surface area contributed by atoms with Gasteiger partial charge in [-0.05, 0) is 35.4 Å². The Hall–Kier alpha value is -1.82. The summed E-state index contributed by atoms with van der Waals surface area (Å²) in [6.07, 6.45) is 1.82. The van der Waals surface area contributed by atoms with Gasteiger partial charge in [0, 0.05) is 23.5 Å². The summed E-state index contributed by atoms with van der Waals surface area (Å²) in [5.41, 5.74) is 2.70. The zero-order valence-electron chi connectivity index (χ0n) is 12.8. The number of aliphatic hydroxyl groups is 1. The zero-order valence-corrected chi connectivity index (χ0v) is 14.4. The molecule has 0 spiro atoms. The molecule has 124 valence electrons. The van der Waals surface area contributed by atoms with Crippen LogP contribution in [-0.4, -0.2) is 14.7 Å². The molecule has 0 unspecified atom stereocenters. The van der Waals surface area contributed by atoms with Gasteiger partial charge in [0.1, 0.15) is 5.82 Å². The van der Waals surface area contributed by atoms with Gasteiger partial charge < -0.3 is 9.67 Å². The van der Waals surface area contributed by atoms with E-state index in [4.69, 9.17) is 11.6 Å². The molecule has 6 heteroatoms. The third-order valence-electron chi connectivity index (χ3n) is 3.47. The first-order valence-electron chi connectivity index (χ1n) is 7.42. The van der Waals surface area contributed by atoms with Crippen molar-refractivity contribution in [3.63, 3.8) is 0 Å². The van der Waals surface area contributed by atoms with Crippen molar-refractivity contribution in [2.45, 2.75) is 24.1 Å². The van der Waals surface area contributed by atoms with Crippen LogP contribution < -0.4 is 0 Å². The Labute approximate surface area is 149 Å². The number of imidazole rings is 1. The summed E-state index contributed by atoms with van der Waals surface area (Å²) in [5.74, 6) is 0.474. The predicted molar refractivity (Wildman–Crippen MR) is 94.7 cm³/mol. The highest BCUT2D eigenvalue weighted by Gasteiger charge is 2.09. The van der Waals surface area contributed by atoms with Gasteiger partial charge in [-0.15, -0.1) is 0 Å². The molecule has 3 rings (SSSR count). The Morgan fingerprint density at radius 2 is 1.92 bits per heavy atom. The normalized spacial score (nSPS) is 11.0. The van der Waals surface area contributed by atoms with Gasteiger partial charge >= 0.3 is 0 Å². The maximum absolute atomic E-state index is 13.0. The summed E-state index contributed by atoms with van der Waals surface area (Å²) in [4.78, 5) is 4.45. The lowest BCUT2D eigenvalue weighted by Crippen LogP contribution is -2.00. The molecule has 0 fully saturated rings. The Balaban J connectivity index is 1.76. The van der Waals surface area contributed by atoms with Crippen LogP contribution in [0.25, 0.3) is 0 Å². The lowest BCUT2D eigenvalue weighted by molar-refractivity contribution is 0.277. The maximum atomic E-state index is 13.0. The molecule has 1 heterocycles. The lowest BCUT2D eigenvalue weighted by Gasteiger charge is -2.08. The smallest absolute Gasteiger partial charge is 0.168 e. The summed E-state index contributed by atoms with van der Waals surface area (Å²) in [7, 11) is 0. The molecule has 3 aromatic rings. The summed E-state index contributed by atoms with van der Waals surface area (Å²) >= 11 is 7.59. The highest BCUT2D eigenvalue weighted by atomic mass is 35.5. The number of rotatable bonds is 6. The number of aliphatic hydroxyl groups excluding tert-OH is 1. The Morgan fingerprint density at radius 1 is 1.12 bits per heavy atom. The van der Waals surface area contributed by atoms with Gasteiger partial charge in [0.2, 0.25) is 0 Å². The van der Waals surface area contributed by atoms with Crippen LogP contribution in [0.4, 0.5) is 4.39 Å². The van der Waals surface area contributed by atoms with Gasteiger partial charge in [0.05, 0.1) is 12.3 Å². The maximum Gasteiger partial charge on any atom is 0.168 e. The first kappa shape index (κ1) is 17.0. The molecular formula is C18H16ClFN2OS. The van der Waals surface area contributed by atoms with Crippen molar-refractivity contribution in [2.24, 2.45) is 0 Å². The number of aromatic nitrogens is 2. The minimum atomic E-state index is -0.254. The first-order chi connectivity index (χ1) is 11.6. The third-order valence-corrected chi connectivity index (χ3v) is 4.77. The fourth-order valence-electron chi connectivity index (χ4n) is 2.32.